The molecule has 8 nitrogen and oxygen atoms in total. The molecular weight excluding hydrogens is 384 g/mol. The summed E-state index contributed by atoms with van der Waals surface area (Å²) in [7, 11) is 3.16. The lowest BCUT2D eigenvalue weighted by Gasteiger charge is -2.16. The molecule has 1 aromatic carbocycles. The quantitative estimate of drug-likeness (QED) is 0.489. The van der Waals surface area contributed by atoms with E-state index in [-0.39, 0.29) is 6.54 Å². The third-order valence-electron chi connectivity index (χ3n) is 4.76. The van der Waals surface area contributed by atoms with Crippen LogP contribution in [0.15, 0.2) is 70.5 Å². The van der Waals surface area contributed by atoms with Crippen LogP contribution in [0, 0.1) is 0 Å². The minimum Gasteiger partial charge on any atom is -0.497 e. The maximum atomic E-state index is 13.0. The molecule has 0 aliphatic carbocycles. The fraction of sp³-hybridized carbons (Fsp3) is 0.182. The Balaban J connectivity index is 1.76. The Hall–Kier alpha value is -3.94. The van der Waals surface area contributed by atoms with Gasteiger partial charge >= 0.3 is 5.69 Å². The summed E-state index contributed by atoms with van der Waals surface area (Å²) < 4.78 is 13.5. The Morgan fingerprint density at radius 2 is 1.70 bits per heavy atom. The summed E-state index contributed by atoms with van der Waals surface area (Å²) in [5.41, 5.74) is 0.859. The van der Waals surface area contributed by atoms with Gasteiger partial charge in [0.05, 0.1) is 32.0 Å². The second-order valence-corrected chi connectivity index (χ2v) is 6.70. The van der Waals surface area contributed by atoms with Crippen LogP contribution in [0.3, 0.4) is 0 Å². The lowest BCUT2D eigenvalue weighted by Crippen LogP contribution is -2.38. The van der Waals surface area contributed by atoms with Crippen LogP contribution in [-0.4, -0.2) is 33.3 Å². The molecule has 0 unspecified atom stereocenters. The number of rotatable bonds is 6. The first kappa shape index (κ1) is 19.4. The van der Waals surface area contributed by atoms with Gasteiger partial charge in [0.2, 0.25) is 0 Å². The average Bonchev–Trinajstić information content (AvgIpc) is 2.77. The summed E-state index contributed by atoms with van der Waals surface area (Å²) in [6.07, 6.45) is 3.40. The summed E-state index contributed by atoms with van der Waals surface area (Å²) in [6, 6.07) is 14.3. The van der Waals surface area contributed by atoms with Gasteiger partial charge in [-0.05, 0) is 42.0 Å². The molecule has 0 fully saturated rings. The maximum absolute atomic E-state index is 13.0. The zero-order chi connectivity index (χ0) is 21.1. The first-order valence-electron chi connectivity index (χ1n) is 9.31. The molecule has 0 radical (unpaired) electrons. The molecule has 0 bridgehead atoms. The van der Waals surface area contributed by atoms with E-state index in [2.05, 4.69) is 9.97 Å². The van der Waals surface area contributed by atoms with E-state index in [1.807, 2.05) is 18.2 Å². The standard InChI is InChI=1S/C22H20N4O4/c1-29-17-10-15(11-18(12-17)30-2)13-25-9-5-7-19-20(25)24-22(28)26(21(19)27)14-16-6-3-4-8-23-16/h3-12H,13-14H2,1-2H3. The van der Waals surface area contributed by atoms with Crippen LogP contribution in [0.5, 0.6) is 11.5 Å². The van der Waals surface area contributed by atoms with E-state index in [1.165, 1.54) is 0 Å². The molecule has 0 amide bonds. The SMILES string of the molecule is COc1cc(Cn2cccc3c(=O)n(Cc4ccccn4)c(=O)nc2-3)cc(OC)c1. The van der Waals surface area contributed by atoms with Gasteiger partial charge in [0, 0.05) is 25.0 Å². The van der Waals surface area contributed by atoms with Crippen LogP contribution in [0.25, 0.3) is 11.4 Å². The van der Waals surface area contributed by atoms with Crippen molar-refractivity contribution in [1.82, 2.24) is 19.1 Å². The second kappa shape index (κ2) is 8.20. The lowest BCUT2D eigenvalue weighted by molar-refractivity contribution is 0.393. The monoisotopic (exact) mass is 404 g/mol. The van der Waals surface area contributed by atoms with Gasteiger partial charge < -0.3 is 14.0 Å². The number of nitrogens with zero attached hydrogens (tertiary/aromatic N) is 4. The minimum absolute atomic E-state index is 0.0728. The highest BCUT2D eigenvalue weighted by atomic mass is 16.5. The number of methoxy groups -OCH3 is 2. The van der Waals surface area contributed by atoms with Gasteiger partial charge in [0.1, 0.15) is 11.5 Å². The highest BCUT2D eigenvalue weighted by Crippen LogP contribution is 2.24. The average molecular weight is 404 g/mol. The van der Waals surface area contributed by atoms with Gasteiger partial charge in [0.15, 0.2) is 5.82 Å². The maximum Gasteiger partial charge on any atom is 0.352 e. The Kier molecular flexibility index (Phi) is 5.30. The normalized spacial score (nSPS) is 10.9. The predicted octanol–water partition coefficient (Wildman–Crippen LogP) is 2.02. The van der Waals surface area contributed by atoms with Crippen molar-refractivity contribution in [1.29, 1.82) is 0 Å². The first-order chi connectivity index (χ1) is 14.6. The van der Waals surface area contributed by atoms with Crippen molar-refractivity contribution in [3.05, 3.63) is 93.0 Å². The van der Waals surface area contributed by atoms with E-state index < -0.39 is 11.2 Å². The van der Waals surface area contributed by atoms with E-state index in [4.69, 9.17) is 9.47 Å². The zero-order valence-corrected chi connectivity index (χ0v) is 16.6. The summed E-state index contributed by atoms with van der Waals surface area (Å²) in [4.78, 5) is 34.0. The van der Waals surface area contributed by atoms with E-state index in [0.29, 0.717) is 35.1 Å². The van der Waals surface area contributed by atoms with Gasteiger partial charge in [-0.25, -0.2) is 4.79 Å². The Morgan fingerprint density at radius 1 is 0.933 bits per heavy atom. The molecule has 0 saturated heterocycles. The Labute approximate surface area is 172 Å². The number of benzene rings is 1. The second-order valence-electron chi connectivity index (χ2n) is 6.70. The number of fused-ring (bicyclic) bond motifs is 1. The van der Waals surface area contributed by atoms with E-state index >= 15 is 0 Å². The molecule has 2 aliphatic rings. The number of aromatic nitrogens is 4. The minimum atomic E-state index is -0.610. The molecule has 4 rings (SSSR count). The van der Waals surface area contributed by atoms with Crippen LogP contribution < -0.4 is 20.7 Å². The van der Waals surface area contributed by atoms with Crippen molar-refractivity contribution in [3.63, 3.8) is 0 Å². The van der Waals surface area contributed by atoms with Crippen molar-refractivity contribution in [2.75, 3.05) is 14.2 Å². The molecule has 0 N–H and O–H groups in total. The number of hydrogen-bond donors (Lipinski definition) is 0. The zero-order valence-electron chi connectivity index (χ0n) is 16.6. The summed E-state index contributed by atoms with van der Waals surface area (Å²) >= 11 is 0. The van der Waals surface area contributed by atoms with E-state index in [0.717, 1.165) is 10.1 Å². The Morgan fingerprint density at radius 3 is 2.37 bits per heavy atom. The van der Waals surface area contributed by atoms with E-state index in [1.54, 1.807) is 61.5 Å². The fourth-order valence-electron chi connectivity index (χ4n) is 3.29. The number of ether oxygens (including phenoxy) is 2. The molecule has 0 atom stereocenters. The van der Waals surface area contributed by atoms with Crippen LogP contribution in [0.4, 0.5) is 0 Å². The number of pyridine rings is 2. The highest BCUT2D eigenvalue weighted by Gasteiger charge is 2.18. The van der Waals surface area contributed by atoms with Crippen molar-refractivity contribution in [3.8, 4) is 22.9 Å². The van der Waals surface area contributed by atoms with Gasteiger partial charge in [-0.15, -0.1) is 0 Å². The molecule has 0 spiro atoms. The molecule has 2 aliphatic heterocycles. The predicted molar refractivity (Wildman–Crippen MR) is 111 cm³/mol. The van der Waals surface area contributed by atoms with Gasteiger partial charge in [-0.2, -0.15) is 4.98 Å². The topological polar surface area (TPSA) is 88.2 Å². The van der Waals surface area contributed by atoms with Crippen molar-refractivity contribution in [2.45, 2.75) is 13.1 Å². The van der Waals surface area contributed by atoms with Crippen LogP contribution in [0.1, 0.15) is 11.3 Å². The molecule has 1 aromatic heterocycles. The third kappa shape index (κ3) is 3.80. The summed E-state index contributed by atoms with van der Waals surface area (Å²) in [6.45, 7) is 0.463. The molecule has 8 heteroatoms. The smallest absolute Gasteiger partial charge is 0.352 e. The van der Waals surface area contributed by atoms with Crippen LogP contribution >= 0.6 is 0 Å². The third-order valence-corrected chi connectivity index (χ3v) is 4.76. The molecule has 30 heavy (non-hydrogen) atoms. The van der Waals surface area contributed by atoms with Crippen molar-refractivity contribution < 1.29 is 9.47 Å². The Bertz CT molecular complexity index is 1240. The van der Waals surface area contributed by atoms with Crippen molar-refractivity contribution >= 4 is 0 Å². The molecule has 3 heterocycles. The summed E-state index contributed by atoms with van der Waals surface area (Å²) in [5.74, 6) is 1.63. The molecule has 152 valence electrons. The molecular formula is C22H20N4O4. The van der Waals surface area contributed by atoms with Crippen LogP contribution in [-0.2, 0) is 13.1 Å². The molecule has 2 aromatic rings. The van der Waals surface area contributed by atoms with Gasteiger partial charge in [0.25, 0.3) is 5.56 Å². The summed E-state index contributed by atoms with van der Waals surface area (Å²) in [5, 5.41) is 0. The lowest BCUT2D eigenvalue weighted by atomic mass is 10.1. The van der Waals surface area contributed by atoms with Gasteiger partial charge in [-0.1, -0.05) is 6.07 Å². The largest absolute Gasteiger partial charge is 0.497 e. The molecule has 0 saturated carbocycles. The van der Waals surface area contributed by atoms with Gasteiger partial charge in [-0.3, -0.25) is 14.3 Å². The van der Waals surface area contributed by atoms with Crippen LogP contribution in [0.2, 0.25) is 0 Å². The number of hydrogen-bond acceptors (Lipinski definition) is 6. The first-order valence-corrected chi connectivity index (χ1v) is 9.31. The highest BCUT2D eigenvalue weighted by molar-refractivity contribution is 5.55. The van der Waals surface area contributed by atoms with E-state index in [9.17, 15) is 9.59 Å². The fourth-order valence-corrected chi connectivity index (χ4v) is 3.29. The van der Waals surface area contributed by atoms with Crippen molar-refractivity contribution in [2.24, 2.45) is 0 Å².